The molecule has 2 heterocycles. The fraction of sp³-hybridized carbons (Fsp3) is 0.476. The van der Waals surface area contributed by atoms with Gasteiger partial charge in [-0.2, -0.15) is 9.49 Å². The fourth-order valence-corrected chi connectivity index (χ4v) is 3.82. The van der Waals surface area contributed by atoms with E-state index in [0.717, 1.165) is 24.0 Å². The predicted octanol–water partition coefficient (Wildman–Crippen LogP) is 3.11. The first-order valence-electron chi connectivity index (χ1n) is 10.00. The third-order valence-electron chi connectivity index (χ3n) is 5.90. The van der Waals surface area contributed by atoms with Crippen molar-refractivity contribution in [2.45, 2.75) is 44.8 Å². The van der Waals surface area contributed by atoms with Crippen molar-refractivity contribution in [1.29, 1.82) is 0 Å². The Labute approximate surface area is 169 Å². The smallest absolute Gasteiger partial charge is 0.221 e. The van der Waals surface area contributed by atoms with Crippen LogP contribution >= 0.6 is 0 Å². The number of rotatable bonds is 6. The average Bonchev–Trinajstić information content (AvgIpc) is 3.29. The van der Waals surface area contributed by atoms with E-state index in [1.54, 1.807) is 18.3 Å². The van der Waals surface area contributed by atoms with E-state index >= 15 is 0 Å². The topological polar surface area (TPSA) is 94.5 Å². The number of benzene rings is 1. The van der Waals surface area contributed by atoms with Crippen molar-refractivity contribution >= 4 is 17.6 Å². The van der Waals surface area contributed by atoms with E-state index in [0.29, 0.717) is 24.8 Å². The SMILES string of the molecule is CN=C(F)c1c(N)cc(-c2cnn(C3CCC3)c2)cc1O[C@H](C)[C@H]1CNC(=O)C1. The zero-order valence-electron chi connectivity index (χ0n) is 16.7. The summed E-state index contributed by atoms with van der Waals surface area (Å²) < 4.78 is 22.6. The van der Waals surface area contributed by atoms with E-state index in [9.17, 15) is 9.18 Å². The number of nitrogens with zero attached hydrogens (tertiary/aromatic N) is 3. The van der Waals surface area contributed by atoms with E-state index in [1.165, 1.54) is 13.5 Å². The number of nitrogens with one attached hydrogen (secondary N) is 1. The molecule has 2 atom stereocenters. The minimum Gasteiger partial charge on any atom is -0.489 e. The van der Waals surface area contributed by atoms with E-state index in [1.807, 2.05) is 17.8 Å². The number of carbonyl (C=O) groups is 1. The molecular formula is C21H26FN5O2. The summed E-state index contributed by atoms with van der Waals surface area (Å²) in [6, 6.07) is 3.95. The van der Waals surface area contributed by atoms with Gasteiger partial charge in [-0.1, -0.05) is 0 Å². The number of hydrogen-bond acceptors (Lipinski definition) is 5. The van der Waals surface area contributed by atoms with E-state index in [4.69, 9.17) is 10.5 Å². The quantitative estimate of drug-likeness (QED) is 0.576. The molecule has 8 heteroatoms. The van der Waals surface area contributed by atoms with Crippen molar-refractivity contribution in [1.82, 2.24) is 15.1 Å². The molecule has 1 aliphatic carbocycles. The maximum absolute atomic E-state index is 14.5. The molecule has 0 unspecified atom stereocenters. The van der Waals surface area contributed by atoms with Crippen LogP contribution in [0.4, 0.5) is 10.1 Å². The lowest BCUT2D eigenvalue weighted by molar-refractivity contribution is -0.119. The molecule has 1 saturated heterocycles. The molecule has 29 heavy (non-hydrogen) atoms. The maximum atomic E-state index is 14.5. The number of nitrogen functional groups attached to an aromatic ring is 1. The van der Waals surface area contributed by atoms with Crippen LogP contribution in [-0.4, -0.2) is 41.3 Å². The van der Waals surface area contributed by atoms with Crippen molar-refractivity contribution in [2.24, 2.45) is 10.9 Å². The number of amides is 1. The third-order valence-corrected chi connectivity index (χ3v) is 5.90. The van der Waals surface area contributed by atoms with Gasteiger partial charge in [0.2, 0.25) is 11.9 Å². The largest absolute Gasteiger partial charge is 0.489 e. The summed E-state index contributed by atoms with van der Waals surface area (Å²) >= 11 is 0. The summed E-state index contributed by atoms with van der Waals surface area (Å²) in [7, 11) is 1.37. The van der Waals surface area contributed by atoms with Gasteiger partial charge in [-0.05, 0) is 43.9 Å². The maximum Gasteiger partial charge on any atom is 0.221 e. The van der Waals surface area contributed by atoms with Gasteiger partial charge >= 0.3 is 0 Å². The lowest BCUT2D eigenvalue weighted by Crippen LogP contribution is -2.26. The lowest BCUT2D eigenvalue weighted by Gasteiger charge is -2.25. The molecular weight excluding hydrogens is 373 g/mol. The van der Waals surface area contributed by atoms with Crippen LogP contribution < -0.4 is 15.8 Å². The van der Waals surface area contributed by atoms with Gasteiger partial charge in [0.15, 0.2) is 0 Å². The zero-order valence-corrected chi connectivity index (χ0v) is 16.7. The Morgan fingerprint density at radius 3 is 2.83 bits per heavy atom. The Bertz CT molecular complexity index is 951. The van der Waals surface area contributed by atoms with Gasteiger partial charge in [-0.3, -0.25) is 14.5 Å². The molecule has 2 aliphatic rings. The summed E-state index contributed by atoms with van der Waals surface area (Å²) in [6.45, 7) is 2.43. The molecule has 1 aromatic carbocycles. The number of hydrogen-bond donors (Lipinski definition) is 2. The number of carbonyl (C=O) groups excluding carboxylic acids is 1. The molecule has 1 saturated carbocycles. The summed E-state index contributed by atoms with van der Waals surface area (Å²) in [5.74, 6) is -0.333. The first-order valence-corrected chi connectivity index (χ1v) is 10.00. The van der Waals surface area contributed by atoms with Gasteiger partial charge in [0.05, 0.1) is 17.8 Å². The minimum absolute atomic E-state index is 0.00338. The minimum atomic E-state index is -0.679. The molecule has 0 spiro atoms. The second-order valence-corrected chi connectivity index (χ2v) is 7.84. The highest BCUT2D eigenvalue weighted by Crippen LogP contribution is 2.36. The van der Waals surface area contributed by atoms with E-state index in [-0.39, 0.29) is 29.2 Å². The van der Waals surface area contributed by atoms with Crippen LogP contribution in [0, 0.1) is 5.92 Å². The summed E-state index contributed by atoms with van der Waals surface area (Å²) in [6.07, 6.45) is 7.40. The van der Waals surface area contributed by atoms with Crippen LogP contribution in [0.25, 0.3) is 11.1 Å². The Balaban J connectivity index is 1.67. The number of anilines is 1. The Kier molecular flexibility index (Phi) is 5.25. The summed E-state index contributed by atoms with van der Waals surface area (Å²) in [5.41, 5.74) is 8.31. The van der Waals surface area contributed by atoms with Gasteiger partial charge in [-0.25, -0.2) is 0 Å². The number of aromatic nitrogens is 2. The lowest BCUT2D eigenvalue weighted by atomic mass is 9.93. The Morgan fingerprint density at radius 2 is 2.21 bits per heavy atom. The molecule has 1 aromatic heterocycles. The highest BCUT2D eigenvalue weighted by atomic mass is 19.1. The molecule has 0 radical (unpaired) electrons. The number of halogens is 1. The van der Waals surface area contributed by atoms with Gasteiger partial charge in [0, 0.05) is 43.4 Å². The highest BCUT2D eigenvalue weighted by molar-refractivity contribution is 6.02. The molecule has 1 amide bonds. The molecule has 0 bridgehead atoms. The Hall–Kier alpha value is -2.90. The monoisotopic (exact) mass is 399 g/mol. The van der Waals surface area contributed by atoms with Crippen molar-refractivity contribution < 1.29 is 13.9 Å². The van der Waals surface area contributed by atoms with Crippen molar-refractivity contribution in [3.63, 3.8) is 0 Å². The summed E-state index contributed by atoms with van der Waals surface area (Å²) in [5, 5.41) is 7.28. The number of ether oxygens (including phenoxy) is 1. The van der Waals surface area contributed by atoms with E-state index in [2.05, 4.69) is 15.4 Å². The van der Waals surface area contributed by atoms with Crippen LogP contribution in [0.5, 0.6) is 5.75 Å². The van der Waals surface area contributed by atoms with Crippen molar-refractivity contribution in [3.8, 4) is 16.9 Å². The summed E-state index contributed by atoms with van der Waals surface area (Å²) in [4.78, 5) is 15.2. The zero-order chi connectivity index (χ0) is 20.5. The third kappa shape index (κ3) is 3.83. The van der Waals surface area contributed by atoms with Crippen LogP contribution in [0.15, 0.2) is 29.5 Å². The van der Waals surface area contributed by atoms with Gasteiger partial charge in [0.25, 0.3) is 0 Å². The van der Waals surface area contributed by atoms with Crippen molar-refractivity contribution in [2.75, 3.05) is 19.3 Å². The van der Waals surface area contributed by atoms with Crippen LogP contribution in [0.2, 0.25) is 0 Å². The average molecular weight is 399 g/mol. The fourth-order valence-electron chi connectivity index (χ4n) is 3.82. The Morgan fingerprint density at radius 1 is 1.41 bits per heavy atom. The van der Waals surface area contributed by atoms with Crippen LogP contribution in [0.3, 0.4) is 0 Å². The second-order valence-electron chi connectivity index (χ2n) is 7.84. The van der Waals surface area contributed by atoms with E-state index < -0.39 is 5.97 Å². The highest BCUT2D eigenvalue weighted by Gasteiger charge is 2.29. The second kappa shape index (κ2) is 7.85. The molecule has 2 aromatic rings. The normalized spacial score (nSPS) is 21.0. The van der Waals surface area contributed by atoms with Gasteiger partial charge in [-0.15, -0.1) is 0 Å². The van der Waals surface area contributed by atoms with Crippen molar-refractivity contribution in [3.05, 3.63) is 30.1 Å². The molecule has 154 valence electrons. The van der Waals surface area contributed by atoms with Gasteiger partial charge in [0.1, 0.15) is 11.9 Å². The number of nitrogens with two attached hydrogens (primary N) is 1. The molecule has 1 aliphatic heterocycles. The molecule has 4 rings (SSSR count). The van der Waals surface area contributed by atoms with Crippen LogP contribution in [-0.2, 0) is 4.79 Å². The first kappa shape index (κ1) is 19.4. The van der Waals surface area contributed by atoms with Crippen LogP contribution in [0.1, 0.15) is 44.2 Å². The first-order chi connectivity index (χ1) is 14.0. The molecule has 3 N–H and O–H groups in total. The number of aliphatic imine (C=N–C) groups is 1. The molecule has 2 fully saturated rings. The van der Waals surface area contributed by atoms with Gasteiger partial charge < -0.3 is 15.8 Å². The predicted molar refractivity (Wildman–Crippen MR) is 110 cm³/mol. The standard InChI is InChI=1S/C21H26FN5O2/c1-12(14-8-19(28)25-9-14)29-18-7-13(6-17(23)20(18)21(22)24-2)15-10-26-27(11-15)16-4-3-5-16/h6-7,10-12,14,16H,3-5,8-9,23H2,1-2H3,(H,25,28)/t12-,14-/m1/s1. The molecule has 7 nitrogen and oxygen atoms in total.